The fraction of sp³-hybridized carbons (Fsp3) is 0.476. The highest BCUT2D eigenvalue weighted by molar-refractivity contribution is 6.30. The molecule has 1 aromatic carbocycles. The normalized spacial score (nSPS) is 21.3. The van der Waals surface area contributed by atoms with Gasteiger partial charge in [0, 0.05) is 31.2 Å². The standard InChI is InChI=1S/C21H25ClN2O4/c22-17-5-3-16(4-6-17)19(23-7-12-26-13-8-23)20(24-9-14-27-15-10-24)21(25)18-2-1-11-28-18/h1-6,11,19-20H,7-10,12-15H2/t19-,20+/m1/s1. The molecule has 0 amide bonds. The lowest BCUT2D eigenvalue weighted by atomic mass is 9.91. The van der Waals surface area contributed by atoms with E-state index in [1.54, 1.807) is 18.4 Å². The van der Waals surface area contributed by atoms with Gasteiger partial charge in [0.1, 0.15) is 0 Å². The molecule has 2 aliphatic heterocycles. The maximum atomic E-state index is 13.6. The summed E-state index contributed by atoms with van der Waals surface area (Å²) in [5.41, 5.74) is 1.07. The summed E-state index contributed by atoms with van der Waals surface area (Å²) in [6.45, 7) is 5.55. The van der Waals surface area contributed by atoms with Crippen molar-refractivity contribution in [2.45, 2.75) is 12.1 Å². The molecule has 2 aliphatic rings. The van der Waals surface area contributed by atoms with Crippen molar-refractivity contribution in [2.75, 3.05) is 52.6 Å². The molecular formula is C21H25ClN2O4. The van der Waals surface area contributed by atoms with Gasteiger partial charge in [-0.15, -0.1) is 0 Å². The molecule has 0 spiro atoms. The van der Waals surface area contributed by atoms with Crippen LogP contribution >= 0.6 is 11.6 Å². The summed E-state index contributed by atoms with van der Waals surface area (Å²) in [7, 11) is 0. The summed E-state index contributed by atoms with van der Waals surface area (Å²) in [4.78, 5) is 18.1. The lowest BCUT2D eigenvalue weighted by Crippen LogP contribution is -2.55. The fourth-order valence-electron chi connectivity index (χ4n) is 4.04. The van der Waals surface area contributed by atoms with E-state index in [0.717, 1.165) is 18.7 Å². The third-order valence-corrected chi connectivity index (χ3v) is 5.67. The van der Waals surface area contributed by atoms with E-state index >= 15 is 0 Å². The number of benzene rings is 1. The van der Waals surface area contributed by atoms with Gasteiger partial charge >= 0.3 is 0 Å². The summed E-state index contributed by atoms with van der Waals surface area (Å²) >= 11 is 6.13. The number of rotatable bonds is 6. The number of carbonyl (C=O) groups excluding carboxylic acids is 1. The Morgan fingerprint density at radius 2 is 1.50 bits per heavy atom. The van der Waals surface area contributed by atoms with Crippen molar-refractivity contribution in [1.29, 1.82) is 0 Å². The molecule has 150 valence electrons. The summed E-state index contributed by atoms with van der Waals surface area (Å²) in [5.74, 6) is 0.391. The van der Waals surface area contributed by atoms with Gasteiger partial charge < -0.3 is 13.9 Å². The van der Waals surface area contributed by atoms with E-state index in [9.17, 15) is 4.79 Å². The third-order valence-electron chi connectivity index (χ3n) is 5.42. The Bertz CT molecular complexity index is 753. The van der Waals surface area contributed by atoms with Gasteiger partial charge in [-0.05, 0) is 29.8 Å². The van der Waals surface area contributed by atoms with Crippen molar-refractivity contribution in [2.24, 2.45) is 0 Å². The minimum atomic E-state index is -0.366. The number of morpholine rings is 2. The predicted molar refractivity (Wildman–Crippen MR) is 106 cm³/mol. The molecule has 1 aromatic heterocycles. The number of ether oxygens (including phenoxy) is 2. The van der Waals surface area contributed by atoms with Gasteiger partial charge in [0.15, 0.2) is 5.76 Å². The second kappa shape index (κ2) is 9.20. The number of hydrogen-bond donors (Lipinski definition) is 0. The molecular weight excluding hydrogens is 380 g/mol. The Kier molecular flexibility index (Phi) is 6.44. The Hall–Kier alpha value is -1.70. The van der Waals surface area contributed by atoms with Crippen LogP contribution in [0.2, 0.25) is 5.02 Å². The maximum absolute atomic E-state index is 13.6. The summed E-state index contributed by atoms with van der Waals surface area (Å²) in [5, 5.41) is 0.685. The van der Waals surface area contributed by atoms with Crippen LogP contribution in [0.1, 0.15) is 22.2 Å². The first-order valence-electron chi connectivity index (χ1n) is 9.71. The highest BCUT2D eigenvalue weighted by Gasteiger charge is 2.40. The summed E-state index contributed by atoms with van der Waals surface area (Å²) < 4.78 is 16.6. The molecule has 2 saturated heterocycles. The van der Waals surface area contributed by atoms with Crippen LogP contribution in [0.5, 0.6) is 0 Å². The first kappa shape index (κ1) is 19.6. The minimum absolute atomic E-state index is 0.00154. The first-order valence-corrected chi connectivity index (χ1v) is 10.1. The van der Waals surface area contributed by atoms with Crippen molar-refractivity contribution in [3.63, 3.8) is 0 Å². The molecule has 0 unspecified atom stereocenters. The Balaban J connectivity index is 1.74. The molecule has 3 heterocycles. The molecule has 2 fully saturated rings. The topological polar surface area (TPSA) is 55.2 Å². The quantitative estimate of drug-likeness (QED) is 0.690. The van der Waals surface area contributed by atoms with Crippen LogP contribution < -0.4 is 0 Å². The van der Waals surface area contributed by atoms with Gasteiger partial charge in [-0.2, -0.15) is 0 Å². The van der Waals surface area contributed by atoms with Crippen LogP contribution in [-0.2, 0) is 9.47 Å². The second-order valence-corrected chi connectivity index (χ2v) is 7.52. The highest BCUT2D eigenvalue weighted by atomic mass is 35.5. The van der Waals surface area contributed by atoms with Crippen molar-refractivity contribution >= 4 is 17.4 Å². The SMILES string of the molecule is O=C(c1ccco1)[C@H]([C@@H](c1ccc(Cl)cc1)N1CCOCC1)N1CCOCC1. The largest absolute Gasteiger partial charge is 0.461 e. The Morgan fingerprint density at radius 1 is 0.893 bits per heavy atom. The van der Waals surface area contributed by atoms with Crippen LogP contribution in [0.15, 0.2) is 47.1 Å². The van der Waals surface area contributed by atoms with Crippen LogP contribution in [0.25, 0.3) is 0 Å². The Morgan fingerprint density at radius 3 is 2.07 bits per heavy atom. The van der Waals surface area contributed by atoms with Gasteiger partial charge in [-0.25, -0.2) is 0 Å². The van der Waals surface area contributed by atoms with Crippen LogP contribution in [0.3, 0.4) is 0 Å². The van der Waals surface area contributed by atoms with E-state index in [1.807, 2.05) is 24.3 Å². The van der Waals surface area contributed by atoms with Gasteiger partial charge in [-0.3, -0.25) is 14.6 Å². The number of carbonyl (C=O) groups is 1. The first-order chi connectivity index (χ1) is 13.7. The zero-order valence-electron chi connectivity index (χ0n) is 15.8. The smallest absolute Gasteiger partial charge is 0.216 e. The molecule has 0 saturated carbocycles. The summed E-state index contributed by atoms with van der Waals surface area (Å²) in [6.07, 6.45) is 1.55. The van der Waals surface area contributed by atoms with Crippen LogP contribution in [0.4, 0.5) is 0 Å². The number of hydrogen-bond acceptors (Lipinski definition) is 6. The molecule has 6 nitrogen and oxygen atoms in total. The lowest BCUT2D eigenvalue weighted by Gasteiger charge is -2.44. The van der Waals surface area contributed by atoms with Crippen molar-refractivity contribution in [3.8, 4) is 0 Å². The molecule has 2 aromatic rings. The maximum Gasteiger partial charge on any atom is 0.216 e. The van der Waals surface area contributed by atoms with Crippen molar-refractivity contribution in [3.05, 3.63) is 59.0 Å². The van der Waals surface area contributed by atoms with Crippen LogP contribution in [0, 0.1) is 0 Å². The minimum Gasteiger partial charge on any atom is -0.461 e. The average molecular weight is 405 g/mol. The zero-order valence-corrected chi connectivity index (χ0v) is 16.5. The lowest BCUT2D eigenvalue weighted by molar-refractivity contribution is -0.0307. The van der Waals surface area contributed by atoms with E-state index < -0.39 is 0 Å². The third kappa shape index (κ3) is 4.31. The molecule has 0 aliphatic carbocycles. The number of Topliss-reactive ketones (excluding diaryl/α,β-unsaturated/α-hetero) is 1. The number of halogens is 1. The van der Waals surface area contributed by atoms with E-state index in [0.29, 0.717) is 50.3 Å². The van der Waals surface area contributed by atoms with Crippen molar-refractivity contribution < 1.29 is 18.7 Å². The van der Waals surface area contributed by atoms with Gasteiger partial charge in [-0.1, -0.05) is 23.7 Å². The van der Waals surface area contributed by atoms with E-state index in [-0.39, 0.29) is 17.9 Å². The number of ketones is 1. The Labute approximate surface area is 169 Å². The average Bonchev–Trinajstić information content (AvgIpc) is 3.29. The van der Waals surface area contributed by atoms with Crippen LogP contribution in [-0.4, -0.2) is 74.2 Å². The number of nitrogens with zero attached hydrogens (tertiary/aromatic N) is 2. The predicted octanol–water partition coefficient (Wildman–Crippen LogP) is 2.89. The second-order valence-electron chi connectivity index (χ2n) is 7.08. The molecule has 2 atom stereocenters. The molecule has 7 heteroatoms. The summed E-state index contributed by atoms with van der Waals surface area (Å²) in [6, 6.07) is 10.8. The molecule has 4 rings (SSSR count). The number of furan rings is 1. The van der Waals surface area contributed by atoms with Gasteiger partial charge in [0.2, 0.25) is 5.78 Å². The molecule has 28 heavy (non-hydrogen) atoms. The van der Waals surface area contributed by atoms with Gasteiger partial charge in [0.05, 0.1) is 44.8 Å². The molecule has 0 N–H and O–H groups in total. The monoisotopic (exact) mass is 404 g/mol. The van der Waals surface area contributed by atoms with Gasteiger partial charge in [0.25, 0.3) is 0 Å². The zero-order chi connectivity index (χ0) is 19.3. The highest BCUT2D eigenvalue weighted by Crippen LogP contribution is 2.32. The van der Waals surface area contributed by atoms with Crippen molar-refractivity contribution in [1.82, 2.24) is 9.80 Å². The van der Waals surface area contributed by atoms with E-state index in [1.165, 1.54) is 0 Å². The molecule has 0 bridgehead atoms. The van der Waals surface area contributed by atoms with E-state index in [2.05, 4.69) is 9.80 Å². The van der Waals surface area contributed by atoms with E-state index in [4.69, 9.17) is 25.5 Å². The fourth-order valence-corrected chi connectivity index (χ4v) is 4.16. The molecule has 0 radical (unpaired) electrons.